The van der Waals surface area contributed by atoms with E-state index < -0.39 is 0 Å². The molecule has 0 aliphatic rings. The lowest BCUT2D eigenvalue weighted by Crippen LogP contribution is -2.24. The quantitative estimate of drug-likeness (QED) is 0.703. The number of hydrogen-bond donors (Lipinski definition) is 1. The maximum absolute atomic E-state index is 13.4. The minimum absolute atomic E-state index is 0.0194. The molecular weight excluding hydrogens is 217 g/mol. The number of hydrogen-bond acceptors (Lipinski definition) is 2. The zero-order chi connectivity index (χ0) is 12.5. The van der Waals surface area contributed by atoms with Crippen LogP contribution in [0, 0.1) is 5.82 Å². The predicted molar refractivity (Wildman–Crippen MR) is 68.5 cm³/mol. The van der Waals surface area contributed by atoms with Gasteiger partial charge in [0.1, 0.15) is 5.82 Å². The van der Waals surface area contributed by atoms with Gasteiger partial charge >= 0.3 is 0 Å². The second-order valence-corrected chi connectivity index (χ2v) is 4.16. The maximum Gasteiger partial charge on any atom is 0.127 e. The minimum Gasteiger partial charge on any atom is -0.380 e. The molecule has 2 nitrogen and oxygen atoms in total. The normalized spacial score (nSPS) is 12.6. The largest absolute Gasteiger partial charge is 0.380 e. The van der Waals surface area contributed by atoms with Crippen molar-refractivity contribution in [2.45, 2.75) is 32.7 Å². The summed E-state index contributed by atoms with van der Waals surface area (Å²) in [6.07, 6.45) is 2.25. The summed E-state index contributed by atoms with van der Waals surface area (Å²) in [6.45, 7) is 6.34. The average Bonchev–Trinajstić information content (AvgIpc) is 2.34. The van der Waals surface area contributed by atoms with Crippen LogP contribution in [0.2, 0.25) is 0 Å². The van der Waals surface area contributed by atoms with Gasteiger partial charge < -0.3 is 10.1 Å². The van der Waals surface area contributed by atoms with Crippen molar-refractivity contribution < 1.29 is 9.13 Å². The number of benzene rings is 1. The van der Waals surface area contributed by atoms with Gasteiger partial charge in [-0.05, 0) is 19.4 Å². The molecule has 1 aromatic carbocycles. The zero-order valence-electron chi connectivity index (χ0n) is 10.7. The molecular formula is C14H22FNO. The highest BCUT2D eigenvalue weighted by Gasteiger charge is 2.08. The summed E-state index contributed by atoms with van der Waals surface area (Å²) in [7, 11) is 0. The lowest BCUT2D eigenvalue weighted by atomic mass is 10.1. The highest BCUT2D eigenvalue weighted by atomic mass is 19.1. The van der Waals surface area contributed by atoms with E-state index in [0.29, 0.717) is 12.2 Å². The lowest BCUT2D eigenvalue weighted by molar-refractivity contribution is 0.131. The third kappa shape index (κ3) is 5.29. The van der Waals surface area contributed by atoms with E-state index in [1.807, 2.05) is 19.1 Å². The van der Waals surface area contributed by atoms with Crippen LogP contribution in [0.4, 0.5) is 4.39 Å². The van der Waals surface area contributed by atoms with E-state index in [0.717, 1.165) is 26.0 Å². The van der Waals surface area contributed by atoms with Crippen LogP contribution in [-0.4, -0.2) is 19.8 Å². The SMILES string of the molecule is CCCCOCCN[C@H](C)c1ccccc1F. The molecule has 0 aromatic heterocycles. The van der Waals surface area contributed by atoms with Crippen LogP contribution in [0.15, 0.2) is 24.3 Å². The monoisotopic (exact) mass is 239 g/mol. The van der Waals surface area contributed by atoms with Gasteiger partial charge in [-0.15, -0.1) is 0 Å². The van der Waals surface area contributed by atoms with Gasteiger partial charge in [0.05, 0.1) is 6.61 Å². The van der Waals surface area contributed by atoms with Crippen molar-refractivity contribution in [3.63, 3.8) is 0 Å². The van der Waals surface area contributed by atoms with Gasteiger partial charge in [0, 0.05) is 24.8 Å². The smallest absolute Gasteiger partial charge is 0.127 e. The maximum atomic E-state index is 13.4. The summed E-state index contributed by atoms with van der Waals surface area (Å²) in [4.78, 5) is 0. The number of halogens is 1. The van der Waals surface area contributed by atoms with Crippen LogP contribution in [0.3, 0.4) is 0 Å². The Morgan fingerprint density at radius 3 is 2.76 bits per heavy atom. The molecule has 1 rings (SSSR count). The molecule has 96 valence electrons. The minimum atomic E-state index is -0.153. The fraction of sp³-hybridized carbons (Fsp3) is 0.571. The summed E-state index contributed by atoms with van der Waals surface area (Å²) in [6, 6.07) is 6.88. The van der Waals surface area contributed by atoms with Crippen molar-refractivity contribution in [3.8, 4) is 0 Å². The van der Waals surface area contributed by atoms with Crippen molar-refractivity contribution in [2.24, 2.45) is 0 Å². The standard InChI is InChI=1S/C14H22FNO/c1-3-4-10-17-11-9-16-12(2)13-7-5-6-8-14(13)15/h5-8,12,16H,3-4,9-11H2,1-2H3/t12-/m1/s1. The Labute approximate surface area is 103 Å². The topological polar surface area (TPSA) is 21.3 Å². The van der Waals surface area contributed by atoms with E-state index in [1.54, 1.807) is 6.07 Å². The van der Waals surface area contributed by atoms with Gasteiger partial charge in [0.2, 0.25) is 0 Å². The molecule has 0 aliphatic heterocycles. The molecule has 17 heavy (non-hydrogen) atoms. The van der Waals surface area contributed by atoms with Crippen LogP contribution in [0.1, 0.15) is 38.3 Å². The molecule has 0 aliphatic carbocycles. The summed E-state index contributed by atoms with van der Waals surface area (Å²) in [5.41, 5.74) is 0.709. The Hall–Kier alpha value is -0.930. The van der Waals surface area contributed by atoms with E-state index in [1.165, 1.54) is 6.07 Å². The van der Waals surface area contributed by atoms with Crippen molar-refractivity contribution in [3.05, 3.63) is 35.6 Å². The Kier molecular flexibility index (Phi) is 6.82. The van der Waals surface area contributed by atoms with E-state index in [-0.39, 0.29) is 11.9 Å². The number of rotatable bonds is 8. The molecule has 1 atom stereocenters. The first-order valence-corrected chi connectivity index (χ1v) is 6.31. The van der Waals surface area contributed by atoms with E-state index in [9.17, 15) is 4.39 Å². The van der Waals surface area contributed by atoms with Crippen molar-refractivity contribution >= 4 is 0 Å². The molecule has 3 heteroatoms. The Morgan fingerprint density at radius 1 is 1.29 bits per heavy atom. The number of nitrogens with one attached hydrogen (secondary N) is 1. The van der Waals surface area contributed by atoms with Crippen molar-refractivity contribution in [1.29, 1.82) is 0 Å². The molecule has 1 N–H and O–H groups in total. The van der Waals surface area contributed by atoms with Gasteiger partial charge in [-0.3, -0.25) is 0 Å². The highest BCUT2D eigenvalue weighted by molar-refractivity contribution is 5.20. The van der Waals surface area contributed by atoms with E-state index in [4.69, 9.17) is 4.74 Å². The third-order valence-electron chi connectivity index (χ3n) is 2.71. The van der Waals surface area contributed by atoms with Gasteiger partial charge in [0.25, 0.3) is 0 Å². The Morgan fingerprint density at radius 2 is 2.06 bits per heavy atom. The zero-order valence-corrected chi connectivity index (χ0v) is 10.7. The van der Waals surface area contributed by atoms with E-state index in [2.05, 4.69) is 12.2 Å². The van der Waals surface area contributed by atoms with Crippen LogP contribution < -0.4 is 5.32 Å². The Bertz CT molecular complexity index is 317. The van der Waals surface area contributed by atoms with E-state index >= 15 is 0 Å². The van der Waals surface area contributed by atoms with Crippen molar-refractivity contribution in [1.82, 2.24) is 5.32 Å². The summed E-state index contributed by atoms with van der Waals surface area (Å²) < 4.78 is 18.9. The molecule has 0 bridgehead atoms. The average molecular weight is 239 g/mol. The highest BCUT2D eigenvalue weighted by Crippen LogP contribution is 2.15. The lowest BCUT2D eigenvalue weighted by Gasteiger charge is -2.14. The van der Waals surface area contributed by atoms with Crippen molar-refractivity contribution in [2.75, 3.05) is 19.8 Å². The molecule has 0 unspecified atom stereocenters. The molecule has 0 saturated carbocycles. The number of unbranched alkanes of at least 4 members (excludes halogenated alkanes) is 1. The summed E-state index contributed by atoms with van der Waals surface area (Å²) >= 11 is 0. The van der Waals surface area contributed by atoms with Crippen LogP contribution in [0.5, 0.6) is 0 Å². The molecule has 0 amide bonds. The second kappa shape index (κ2) is 8.20. The van der Waals surface area contributed by atoms with Gasteiger partial charge in [0.15, 0.2) is 0 Å². The van der Waals surface area contributed by atoms with Crippen LogP contribution in [-0.2, 0) is 4.74 Å². The molecule has 0 fully saturated rings. The third-order valence-corrected chi connectivity index (χ3v) is 2.71. The van der Waals surface area contributed by atoms with Gasteiger partial charge in [-0.1, -0.05) is 31.5 Å². The molecule has 0 radical (unpaired) electrons. The first-order valence-electron chi connectivity index (χ1n) is 6.31. The second-order valence-electron chi connectivity index (χ2n) is 4.16. The van der Waals surface area contributed by atoms with Gasteiger partial charge in [-0.2, -0.15) is 0 Å². The first-order chi connectivity index (χ1) is 8.25. The molecule has 0 spiro atoms. The fourth-order valence-corrected chi connectivity index (χ4v) is 1.63. The summed E-state index contributed by atoms with van der Waals surface area (Å²) in [5.74, 6) is -0.153. The molecule has 0 heterocycles. The predicted octanol–water partition coefficient (Wildman–Crippen LogP) is 3.29. The Balaban J connectivity index is 2.21. The summed E-state index contributed by atoms with van der Waals surface area (Å²) in [5, 5.41) is 3.25. The fourth-order valence-electron chi connectivity index (χ4n) is 1.63. The molecule has 1 aromatic rings. The van der Waals surface area contributed by atoms with Crippen LogP contribution in [0.25, 0.3) is 0 Å². The van der Waals surface area contributed by atoms with Crippen LogP contribution >= 0.6 is 0 Å². The number of ether oxygens (including phenoxy) is 1. The first kappa shape index (κ1) is 14.1. The molecule has 0 saturated heterocycles. The van der Waals surface area contributed by atoms with Gasteiger partial charge in [-0.25, -0.2) is 4.39 Å².